The summed E-state index contributed by atoms with van der Waals surface area (Å²) < 4.78 is 72.4. The topological polar surface area (TPSA) is 53.8 Å². The third-order valence-corrected chi connectivity index (χ3v) is 6.96. The van der Waals surface area contributed by atoms with Gasteiger partial charge in [0.2, 0.25) is 11.7 Å². The van der Waals surface area contributed by atoms with Crippen LogP contribution < -0.4 is 0 Å². The highest BCUT2D eigenvalue weighted by atomic mass is 35.5. The molecule has 0 N–H and O–H groups in total. The number of amides is 2. The van der Waals surface area contributed by atoms with Gasteiger partial charge in [0.1, 0.15) is 5.58 Å². The molecule has 1 aromatic heterocycles. The Morgan fingerprint density at radius 3 is 2.21 bits per heavy atom. The molecule has 0 unspecified atom stereocenters. The van der Waals surface area contributed by atoms with E-state index in [0.29, 0.717) is 5.56 Å². The molecule has 2 saturated heterocycles. The minimum atomic E-state index is -4.67. The molecule has 33 heavy (non-hydrogen) atoms. The number of piperidine rings is 1. The summed E-state index contributed by atoms with van der Waals surface area (Å²) in [7, 11) is 0. The maximum absolute atomic E-state index is 13.7. The quantitative estimate of drug-likeness (QED) is 0.548. The van der Waals surface area contributed by atoms with E-state index in [4.69, 9.17) is 16.0 Å². The monoisotopic (exact) mass is 490 g/mol. The molecule has 0 atom stereocenters. The van der Waals surface area contributed by atoms with Crippen molar-refractivity contribution in [1.29, 1.82) is 0 Å². The van der Waals surface area contributed by atoms with Crippen molar-refractivity contribution in [1.82, 2.24) is 9.80 Å². The van der Waals surface area contributed by atoms with E-state index in [1.54, 1.807) is 6.07 Å². The predicted molar refractivity (Wildman–Crippen MR) is 108 cm³/mol. The van der Waals surface area contributed by atoms with Gasteiger partial charge in [0, 0.05) is 24.4 Å². The van der Waals surface area contributed by atoms with Crippen LogP contribution in [0.25, 0.3) is 11.0 Å². The number of likely N-dealkylation sites (tertiary alicyclic amines) is 2. The molecule has 2 aromatic rings. The highest BCUT2D eigenvalue weighted by molar-refractivity contribution is 6.38. The van der Waals surface area contributed by atoms with Gasteiger partial charge in [-0.05, 0) is 49.3 Å². The van der Waals surface area contributed by atoms with Crippen molar-refractivity contribution in [3.8, 4) is 0 Å². The summed E-state index contributed by atoms with van der Waals surface area (Å²) >= 11 is 6.32. The van der Waals surface area contributed by atoms with Crippen molar-refractivity contribution >= 4 is 34.4 Å². The van der Waals surface area contributed by atoms with Crippen molar-refractivity contribution < 1.29 is 36.0 Å². The van der Waals surface area contributed by atoms with Gasteiger partial charge in [-0.1, -0.05) is 11.6 Å². The summed E-state index contributed by atoms with van der Waals surface area (Å²) in [6.07, 6.45) is -2.54. The number of halogens is 6. The third-order valence-electron chi connectivity index (χ3n) is 6.59. The zero-order valence-corrected chi connectivity index (χ0v) is 18.1. The van der Waals surface area contributed by atoms with E-state index in [0.717, 1.165) is 23.8 Å². The first kappa shape index (κ1) is 22.4. The van der Waals surface area contributed by atoms with Crippen molar-refractivity contribution in [2.45, 2.75) is 43.7 Å². The number of benzene rings is 1. The van der Waals surface area contributed by atoms with Gasteiger partial charge >= 0.3 is 6.18 Å². The van der Waals surface area contributed by atoms with Crippen molar-refractivity contribution in [2.75, 3.05) is 26.2 Å². The molecule has 1 aromatic carbocycles. The average Bonchev–Trinajstić information content (AvgIpc) is 3.54. The lowest BCUT2D eigenvalue weighted by molar-refractivity contribution is -0.170. The Hall–Kier alpha value is -2.36. The van der Waals surface area contributed by atoms with Gasteiger partial charge in [-0.2, -0.15) is 13.2 Å². The van der Waals surface area contributed by atoms with Crippen LogP contribution in [0.2, 0.25) is 5.02 Å². The summed E-state index contributed by atoms with van der Waals surface area (Å²) in [5, 5.41) is -0.107. The van der Waals surface area contributed by atoms with Crippen LogP contribution in [0, 0.1) is 5.92 Å². The smallest absolute Gasteiger partial charge is 0.420 e. The zero-order valence-electron chi connectivity index (χ0n) is 17.4. The van der Waals surface area contributed by atoms with E-state index in [-0.39, 0.29) is 53.9 Å². The first-order valence-corrected chi connectivity index (χ1v) is 11.1. The maximum atomic E-state index is 13.7. The average molecular weight is 491 g/mol. The molecule has 3 heterocycles. The Kier molecular flexibility index (Phi) is 5.15. The highest BCUT2D eigenvalue weighted by Crippen LogP contribution is 2.47. The van der Waals surface area contributed by atoms with Gasteiger partial charge in [0.25, 0.3) is 11.8 Å². The standard InChI is InChI=1S/C22H20ClF5N2O3/c23-16-14-7-13(11-1-2-11)8-15(22(26,27)28)17(14)33-18(16)20(32)29-5-3-12(4-6-29)19(31)30-9-21(24,25)10-30/h7-8,11-12H,1-6,9-10H2. The normalized spacial score (nSPS) is 21.4. The minimum absolute atomic E-state index is 0.0449. The van der Waals surface area contributed by atoms with Gasteiger partial charge in [-0.3, -0.25) is 9.59 Å². The van der Waals surface area contributed by atoms with Crippen molar-refractivity contribution in [2.24, 2.45) is 5.92 Å². The lowest BCUT2D eigenvalue weighted by Gasteiger charge is -2.42. The summed E-state index contributed by atoms with van der Waals surface area (Å²) in [5.74, 6) is -4.66. The van der Waals surface area contributed by atoms with E-state index in [1.165, 1.54) is 4.90 Å². The molecule has 0 radical (unpaired) electrons. The van der Waals surface area contributed by atoms with Crippen LogP contribution >= 0.6 is 11.6 Å². The number of hydrogen-bond donors (Lipinski definition) is 0. The number of carbonyl (C=O) groups is 2. The van der Waals surface area contributed by atoms with Gasteiger partial charge in [-0.25, -0.2) is 8.78 Å². The number of carbonyl (C=O) groups excluding carboxylic acids is 2. The molecule has 2 amide bonds. The van der Waals surface area contributed by atoms with Crippen LogP contribution in [0.1, 0.15) is 53.3 Å². The van der Waals surface area contributed by atoms with Crippen LogP contribution in [0.4, 0.5) is 22.0 Å². The Morgan fingerprint density at radius 2 is 1.67 bits per heavy atom. The Morgan fingerprint density at radius 1 is 1.03 bits per heavy atom. The summed E-state index contributed by atoms with van der Waals surface area (Å²) in [6.45, 7) is -0.896. The van der Waals surface area contributed by atoms with Gasteiger partial charge < -0.3 is 14.2 Å². The van der Waals surface area contributed by atoms with Gasteiger partial charge in [0.15, 0.2) is 0 Å². The molecule has 11 heteroatoms. The fraction of sp³-hybridized carbons (Fsp3) is 0.545. The Balaban J connectivity index is 1.35. The first-order valence-electron chi connectivity index (χ1n) is 10.7. The molecule has 5 nitrogen and oxygen atoms in total. The van der Waals surface area contributed by atoms with Crippen LogP contribution in [0.3, 0.4) is 0 Å². The number of alkyl halides is 5. The van der Waals surface area contributed by atoms with E-state index in [2.05, 4.69) is 0 Å². The minimum Gasteiger partial charge on any atom is -0.449 e. The predicted octanol–water partition coefficient (Wildman–Crippen LogP) is 5.31. The molecule has 3 aliphatic rings. The molecular weight excluding hydrogens is 471 g/mol. The number of hydrogen-bond acceptors (Lipinski definition) is 3. The van der Waals surface area contributed by atoms with Crippen LogP contribution in [-0.2, 0) is 11.0 Å². The van der Waals surface area contributed by atoms with Crippen LogP contribution in [0.15, 0.2) is 16.5 Å². The second kappa shape index (κ2) is 7.58. The fourth-order valence-corrected chi connectivity index (χ4v) is 4.85. The van der Waals surface area contributed by atoms with E-state index in [1.807, 2.05) is 0 Å². The lowest BCUT2D eigenvalue weighted by Crippen LogP contribution is -2.60. The van der Waals surface area contributed by atoms with E-state index in [9.17, 15) is 31.5 Å². The Labute approximate surface area is 190 Å². The molecule has 0 spiro atoms. The number of fused-ring (bicyclic) bond motifs is 1. The second-order valence-corrected chi connectivity index (χ2v) is 9.46. The van der Waals surface area contributed by atoms with Gasteiger partial charge in [0.05, 0.1) is 23.7 Å². The number of furan rings is 1. The summed E-state index contributed by atoms with van der Waals surface area (Å²) in [5.41, 5.74) is -0.907. The molecular formula is C22H20ClF5N2O3. The fourth-order valence-electron chi connectivity index (χ4n) is 4.59. The molecule has 0 bridgehead atoms. The SMILES string of the molecule is O=C(c1oc2c(C(F)(F)F)cc(C3CC3)cc2c1Cl)N1CCC(C(=O)N2CC(F)(F)C2)CC1. The van der Waals surface area contributed by atoms with Crippen molar-refractivity contribution in [3.63, 3.8) is 0 Å². The van der Waals surface area contributed by atoms with E-state index >= 15 is 0 Å². The van der Waals surface area contributed by atoms with Crippen LogP contribution in [0.5, 0.6) is 0 Å². The van der Waals surface area contributed by atoms with Crippen LogP contribution in [-0.4, -0.2) is 53.7 Å². The lowest BCUT2D eigenvalue weighted by atomic mass is 9.93. The molecule has 1 saturated carbocycles. The summed E-state index contributed by atoms with van der Waals surface area (Å²) in [6, 6.07) is 2.61. The maximum Gasteiger partial charge on any atom is 0.420 e. The molecule has 2 aliphatic heterocycles. The molecule has 3 fully saturated rings. The zero-order chi connectivity index (χ0) is 23.7. The second-order valence-electron chi connectivity index (χ2n) is 9.08. The Bertz CT molecular complexity index is 1130. The summed E-state index contributed by atoms with van der Waals surface area (Å²) in [4.78, 5) is 27.8. The number of rotatable bonds is 3. The number of nitrogens with zero attached hydrogens (tertiary/aromatic N) is 2. The largest absolute Gasteiger partial charge is 0.449 e. The van der Waals surface area contributed by atoms with Gasteiger partial charge in [-0.15, -0.1) is 0 Å². The first-order chi connectivity index (χ1) is 15.4. The molecule has 5 rings (SSSR count). The highest BCUT2D eigenvalue weighted by Gasteiger charge is 2.48. The molecule has 1 aliphatic carbocycles. The van der Waals surface area contributed by atoms with Crippen molar-refractivity contribution in [3.05, 3.63) is 34.0 Å². The molecule has 178 valence electrons. The van der Waals surface area contributed by atoms with E-state index < -0.39 is 48.2 Å². The third kappa shape index (κ3) is 4.06.